The monoisotopic (exact) mass is 478 g/mol. The molecule has 1 aliphatic heterocycles. The van der Waals surface area contributed by atoms with Gasteiger partial charge in [-0.25, -0.2) is 9.59 Å². The van der Waals surface area contributed by atoms with Crippen LogP contribution in [0.1, 0.15) is 46.9 Å². The second kappa shape index (κ2) is 10.1. The van der Waals surface area contributed by atoms with Crippen LogP contribution in [-0.4, -0.2) is 43.4 Å². The minimum atomic E-state index is -0.756. The highest BCUT2D eigenvalue weighted by atomic mass is 16.5. The Hall–Kier alpha value is -4.01. The first kappa shape index (κ1) is 24.1. The molecule has 2 aliphatic rings. The Morgan fingerprint density at radius 2 is 1.66 bits per heavy atom. The lowest BCUT2D eigenvalue weighted by Gasteiger charge is -2.25. The molecule has 0 radical (unpaired) electrons. The van der Waals surface area contributed by atoms with Crippen molar-refractivity contribution in [1.29, 1.82) is 0 Å². The van der Waals surface area contributed by atoms with E-state index in [-0.39, 0.29) is 29.2 Å². The number of ether oxygens (including phenoxy) is 2. The van der Waals surface area contributed by atoms with E-state index in [1.807, 2.05) is 0 Å². The van der Waals surface area contributed by atoms with Gasteiger partial charge in [0.15, 0.2) is 6.61 Å². The van der Waals surface area contributed by atoms with Gasteiger partial charge in [-0.2, -0.15) is 0 Å². The van der Waals surface area contributed by atoms with E-state index < -0.39 is 24.5 Å². The molecule has 9 heteroatoms. The van der Waals surface area contributed by atoms with Gasteiger partial charge in [0, 0.05) is 5.69 Å². The number of amides is 3. The highest BCUT2D eigenvalue weighted by molar-refractivity contribution is 6.22. The largest absolute Gasteiger partial charge is 0.465 e. The van der Waals surface area contributed by atoms with Crippen LogP contribution in [0.3, 0.4) is 0 Å². The lowest BCUT2D eigenvalue weighted by atomic mass is 9.76. The second-order valence-electron chi connectivity index (χ2n) is 8.89. The molecule has 35 heavy (non-hydrogen) atoms. The zero-order valence-corrected chi connectivity index (χ0v) is 19.5. The summed E-state index contributed by atoms with van der Waals surface area (Å²) in [5.41, 5.74) is 1.20. The number of carbonyl (C=O) groups is 5. The molecule has 182 valence electrons. The van der Waals surface area contributed by atoms with Crippen LogP contribution in [-0.2, 0) is 23.9 Å². The molecule has 3 atom stereocenters. The third kappa shape index (κ3) is 5.08. The number of rotatable bonds is 6. The Morgan fingerprint density at radius 3 is 2.37 bits per heavy atom. The number of fused-ring (bicyclic) bond motifs is 1. The van der Waals surface area contributed by atoms with Crippen molar-refractivity contribution in [2.24, 2.45) is 17.8 Å². The van der Waals surface area contributed by atoms with Crippen LogP contribution < -0.4 is 10.2 Å². The number of carbonyl (C=O) groups excluding carboxylic acids is 5. The fourth-order valence-corrected chi connectivity index (χ4v) is 4.64. The average Bonchev–Trinajstić information content (AvgIpc) is 3.11. The smallest absolute Gasteiger partial charge is 0.338 e. The third-order valence-electron chi connectivity index (χ3n) is 6.45. The summed E-state index contributed by atoms with van der Waals surface area (Å²) in [6.45, 7) is 1.55. The number of esters is 2. The van der Waals surface area contributed by atoms with E-state index in [1.54, 1.807) is 12.1 Å². The van der Waals surface area contributed by atoms with Gasteiger partial charge in [-0.3, -0.25) is 19.3 Å². The molecule has 1 saturated carbocycles. The zero-order chi connectivity index (χ0) is 25.1. The fourth-order valence-electron chi connectivity index (χ4n) is 4.64. The van der Waals surface area contributed by atoms with Crippen LogP contribution in [0.5, 0.6) is 0 Å². The van der Waals surface area contributed by atoms with E-state index in [1.165, 1.54) is 48.4 Å². The van der Waals surface area contributed by atoms with Gasteiger partial charge >= 0.3 is 11.9 Å². The molecule has 1 aliphatic carbocycles. The first-order valence-electron chi connectivity index (χ1n) is 11.4. The van der Waals surface area contributed by atoms with Crippen LogP contribution in [0.4, 0.5) is 11.4 Å². The summed E-state index contributed by atoms with van der Waals surface area (Å²) >= 11 is 0. The quantitative estimate of drug-likeness (QED) is 0.500. The van der Waals surface area contributed by atoms with Gasteiger partial charge in [-0.15, -0.1) is 0 Å². The van der Waals surface area contributed by atoms with E-state index in [2.05, 4.69) is 17.0 Å². The molecular formula is C26H26N2O7. The Morgan fingerprint density at radius 1 is 0.943 bits per heavy atom. The average molecular weight is 479 g/mol. The Balaban J connectivity index is 1.37. The van der Waals surface area contributed by atoms with Crippen LogP contribution in [0.2, 0.25) is 0 Å². The van der Waals surface area contributed by atoms with Crippen LogP contribution in [0.15, 0.2) is 48.5 Å². The highest BCUT2D eigenvalue weighted by Crippen LogP contribution is 2.42. The zero-order valence-electron chi connectivity index (χ0n) is 19.5. The van der Waals surface area contributed by atoms with Crippen molar-refractivity contribution >= 4 is 41.0 Å². The minimum Gasteiger partial charge on any atom is -0.465 e. The Bertz CT molecular complexity index is 1170. The molecule has 0 spiro atoms. The normalized spacial score (nSPS) is 21.3. The SMILES string of the molecule is COC(=O)c1ccc(NC(=O)COC(=O)c2cccc(N3C(=O)[C@@H]4CC[C@H](C)C[C@H]4C3=O)c2)cc1. The maximum absolute atomic E-state index is 13.0. The predicted molar refractivity (Wildman–Crippen MR) is 126 cm³/mol. The molecule has 2 aromatic rings. The second-order valence-corrected chi connectivity index (χ2v) is 8.89. The molecule has 9 nitrogen and oxygen atoms in total. The molecule has 1 saturated heterocycles. The summed E-state index contributed by atoms with van der Waals surface area (Å²) in [4.78, 5) is 63.2. The van der Waals surface area contributed by atoms with Crippen molar-refractivity contribution in [3.05, 3.63) is 59.7 Å². The summed E-state index contributed by atoms with van der Waals surface area (Å²) in [6, 6.07) is 12.2. The minimum absolute atomic E-state index is 0.126. The maximum atomic E-state index is 13.0. The standard InChI is InChI=1S/C26H26N2O7/c1-15-6-11-20-21(12-15)24(31)28(23(20)30)19-5-3-4-17(13-19)26(33)35-14-22(29)27-18-9-7-16(8-10-18)25(32)34-2/h3-5,7-10,13,15,20-21H,6,11-12,14H2,1-2H3,(H,27,29)/t15-,20+,21+/m0/s1. The predicted octanol–water partition coefficient (Wildman–Crippen LogP) is 3.19. The summed E-state index contributed by atoms with van der Waals surface area (Å²) in [6.07, 6.45) is 2.29. The number of nitrogens with zero attached hydrogens (tertiary/aromatic N) is 1. The molecule has 0 unspecified atom stereocenters. The lowest BCUT2D eigenvalue weighted by Crippen LogP contribution is -2.31. The fraction of sp³-hybridized carbons (Fsp3) is 0.346. The summed E-state index contributed by atoms with van der Waals surface area (Å²) in [5, 5.41) is 2.57. The number of hydrogen-bond acceptors (Lipinski definition) is 7. The highest BCUT2D eigenvalue weighted by Gasteiger charge is 2.50. The van der Waals surface area contributed by atoms with E-state index in [0.717, 1.165) is 6.42 Å². The van der Waals surface area contributed by atoms with Crippen molar-refractivity contribution in [2.75, 3.05) is 23.9 Å². The molecule has 1 heterocycles. The molecule has 3 amide bonds. The van der Waals surface area contributed by atoms with Crippen molar-refractivity contribution in [2.45, 2.75) is 26.2 Å². The third-order valence-corrected chi connectivity index (χ3v) is 6.45. The molecule has 0 aromatic heterocycles. The maximum Gasteiger partial charge on any atom is 0.338 e. The Labute approximate surface area is 202 Å². The number of anilines is 2. The van der Waals surface area contributed by atoms with Crippen LogP contribution in [0, 0.1) is 17.8 Å². The molecule has 2 fully saturated rings. The number of benzene rings is 2. The summed E-state index contributed by atoms with van der Waals surface area (Å²) in [7, 11) is 1.27. The van der Waals surface area contributed by atoms with Gasteiger partial charge < -0.3 is 14.8 Å². The number of methoxy groups -OCH3 is 1. The Kier molecular flexibility index (Phi) is 6.95. The van der Waals surface area contributed by atoms with E-state index in [4.69, 9.17) is 4.74 Å². The molecule has 1 N–H and O–H groups in total. The molecular weight excluding hydrogens is 452 g/mol. The van der Waals surface area contributed by atoms with Crippen molar-refractivity contribution in [3.8, 4) is 0 Å². The van der Waals surface area contributed by atoms with Crippen molar-refractivity contribution in [1.82, 2.24) is 0 Å². The first-order valence-corrected chi connectivity index (χ1v) is 11.4. The first-order chi connectivity index (χ1) is 16.8. The molecule has 0 bridgehead atoms. The summed E-state index contributed by atoms with van der Waals surface area (Å²) < 4.78 is 9.73. The topological polar surface area (TPSA) is 119 Å². The van der Waals surface area contributed by atoms with Crippen LogP contribution in [0.25, 0.3) is 0 Å². The number of nitrogens with one attached hydrogen (secondary N) is 1. The van der Waals surface area contributed by atoms with Gasteiger partial charge in [-0.05, 0) is 67.6 Å². The van der Waals surface area contributed by atoms with Crippen LogP contribution >= 0.6 is 0 Å². The molecule has 2 aromatic carbocycles. The van der Waals surface area contributed by atoms with Crippen molar-refractivity contribution < 1.29 is 33.4 Å². The van der Waals surface area contributed by atoms with Gasteiger partial charge in [0.2, 0.25) is 11.8 Å². The van der Waals surface area contributed by atoms with E-state index in [9.17, 15) is 24.0 Å². The van der Waals surface area contributed by atoms with Gasteiger partial charge in [0.1, 0.15) is 0 Å². The van der Waals surface area contributed by atoms with E-state index in [0.29, 0.717) is 35.7 Å². The lowest BCUT2D eigenvalue weighted by molar-refractivity contribution is -0.122. The van der Waals surface area contributed by atoms with Gasteiger partial charge in [0.05, 0.1) is 35.8 Å². The van der Waals surface area contributed by atoms with Crippen molar-refractivity contribution in [3.63, 3.8) is 0 Å². The molecule has 4 rings (SSSR count). The van der Waals surface area contributed by atoms with Gasteiger partial charge in [0.25, 0.3) is 5.91 Å². The van der Waals surface area contributed by atoms with E-state index >= 15 is 0 Å². The number of hydrogen-bond donors (Lipinski definition) is 1. The summed E-state index contributed by atoms with van der Waals surface area (Å²) in [5.74, 6) is -2.50. The number of imide groups is 1. The van der Waals surface area contributed by atoms with Gasteiger partial charge in [-0.1, -0.05) is 13.0 Å².